The fraction of sp³-hybridized carbons (Fsp3) is 0.529. The van der Waals surface area contributed by atoms with Gasteiger partial charge in [-0.15, -0.1) is 12.4 Å². The quantitative estimate of drug-likeness (QED) is 0.736. The van der Waals surface area contributed by atoms with Gasteiger partial charge in [-0.05, 0) is 38.4 Å². The molecule has 0 spiro atoms. The number of hydrogen-bond donors (Lipinski definition) is 3. The molecule has 1 aliphatic heterocycles. The van der Waals surface area contributed by atoms with Gasteiger partial charge in [0.2, 0.25) is 5.91 Å². The topological polar surface area (TPSA) is 88.7 Å². The zero-order valence-corrected chi connectivity index (χ0v) is 15.8. The number of rotatable bonds is 5. The summed E-state index contributed by atoms with van der Waals surface area (Å²) < 4.78 is 10.6. The minimum Gasteiger partial charge on any atom is -0.493 e. The second-order valence-corrected chi connectivity index (χ2v) is 5.91. The Bertz CT molecular complexity index is 624. The second kappa shape index (κ2) is 9.48. The Balaban J connectivity index is 0.00000312. The number of ether oxygens (including phenoxy) is 2. The van der Waals surface area contributed by atoms with Crippen LogP contribution in [0.5, 0.6) is 11.5 Å². The van der Waals surface area contributed by atoms with E-state index in [2.05, 4.69) is 22.9 Å². The van der Waals surface area contributed by atoms with Gasteiger partial charge in [-0.25, -0.2) is 0 Å². The van der Waals surface area contributed by atoms with Crippen LogP contribution >= 0.6 is 12.4 Å². The first-order valence-electron chi connectivity index (χ1n) is 8.04. The number of anilines is 1. The highest BCUT2D eigenvalue weighted by molar-refractivity contribution is 5.99. The number of amides is 2. The molecule has 2 atom stereocenters. The minimum atomic E-state index is -0.252. The van der Waals surface area contributed by atoms with E-state index in [1.165, 1.54) is 21.1 Å². The van der Waals surface area contributed by atoms with Crippen LogP contribution in [-0.2, 0) is 4.79 Å². The minimum absolute atomic E-state index is 0. The number of benzene rings is 1. The molecule has 3 N–H and O–H groups in total. The van der Waals surface area contributed by atoms with Gasteiger partial charge < -0.3 is 25.4 Å². The highest BCUT2D eigenvalue weighted by atomic mass is 35.5. The highest BCUT2D eigenvalue weighted by Gasteiger charge is 2.24. The van der Waals surface area contributed by atoms with Crippen LogP contribution < -0.4 is 25.4 Å². The fourth-order valence-electron chi connectivity index (χ4n) is 2.87. The third kappa shape index (κ3) is 5.24. The van der Waals surface area contributed by atoms with Crippen LogP contribution in [0.1, 0.15) is 37.0 Å². The summed E-state index contributed by atoms with van der Waals surface area (Å²) in [6.07, 6.45) is 1.96. The van der Waals surface area contributed by atoms with Crippen molar-refractivity contribution >= 4 is 29.9 Å². The SMILES string of the molecule is COc1cc(C(=O)NC2CCCNC2C)cc(NC(C)=O)c1OC.Cl. The largest absolute Gasteiger partial charge is 0.493 e. The van der Waals surface area contributed by atoms with Gasteiger partial charge in [0, 0.05) is 24.6 Å². The highest BCUT2D eigenvalue weighted by Crippen LogP contribution is 2.36. The summed E-state index contributed by atoms with van der Waals surface area (Å²) in [5, 5.41) is 9.06. The van der Waals surface area contributed by atoms with Crippen molar-refractivity contribution in [2.75, 3.05) is 26.1 Å². The van der Waals surface area contributed by atoms with Gasteiger partial charge in [-0.2, -0.15) is 0 Å². The van der Waals surface area contributed by atoms with E-state index < -0.39 is 0 Å². The van der Waals surface area contributed by atoms with E-state index in [0.29, 0.717) is 22.7 Å². The van der Waals surface area contributed by atoms with Crippen LogP contribution in [0.15, 0.2) is 12.1 Å². The summed E-state index contributed by atoms with van der Waals surface area (Å²) >= 11 is 0. The van der Waals surface area contributed by atoms with Crippen molar-refractivity contribution in [2.45, 2.75) is 38.8 Å². The van der Waals surface area contributed by atoms with E-state index in [0.717, 1.165) is 19.4 Å². The molecule has 7 nitrogen and oxygen atoms in total. The van der Waals surface area contributed by atoms with Crippen molar-refractivity contribution in [1.29, 1.82) is 0 Å². The average molecular weight is 372 g/mol. The molecule has 2 rings (SSSR count). The molecule has 0 aromatic heterocycles. The third-order valence-electron chi connectivity index (χ3n) is 4.13. The summed E-state index contributed by atoms with van der Waals surface area (Å²) in [6.45, 7) is 4.42. The molecular formula is C17H26ClN3O4. The van der Waals surface area contributed by atoms with Gasteiger partial charge in [0.1, 0.15) is 0 Å². The first kappa shape index (κ1) is 21.1. The summed E-state index contributed by atoms with van der Waals surface area (Å²) in [7, 11) is 2.97. The van der Waals surface area contributed by atoms with Gasteiger partial charge in [0.05, 0.1) is 19.9 Å². The van der Waals surface area contributed by atoms with E-state index in [1.54, 1.807) is 12.1 Å². The first-order valence-corrected chi connectivity index (χ1v) is 8.04. The molecule has 140 valence electrons. The molecule has 2 amide bonds. The molecule has 0 saturated carbocycles. The lowest BCUT2D eigenvalue weighted by atomic mass is 9.99. The normalized spacial score (nSPS) is 19.4. The van der Waals surface area contributed by atoms with E-state index in [-0.39, 0.29) is 36.3 Å². The van der Waals surface area contributed by atoms with E-state index in [4.69, 9.17) is 9.47 Å². The maximum Gasteiger partial charge on any atom is 0.251 e. The van der Waals surface area contributed by atoms with Crippen LogP contribution in [0.2, 0.25) is 0 Å². The smallest absolute Gasteiger partial charge is 0.251 e. The van der Waals surface area contributed by atoms with Crippen LogP contribution in [0.25, 0.3) is 0 Å². The van der Waals surface area contributed by atoms with Crippen molar-refractivity contribution in [3.8, 4) is 11.5 Å². The van der Waals surface area contributed by atoms with Crippen molar-refractivity contribution in [2.24, 2.45) is 0 Å². The molecule has 1 aromatic rings. The van der Waals surface area contributed by atoms with Crippen LogP contribution in [0.3, 0.4) is 0 Å². The molecule has 8 heteroatoms. The molecule has 1 saturated heterocycles. The van der Waals surface area contributed by atoms with Gasteiger partial charge in [0.25, 0.3) is 5.91 Å². The zero-order valence-electron chi connectivity index (χ0n) is 15.0. The van der Waals surface area contributed by atoms with Gasteiger partial charge in [0.15, 0.2) is 11.5 Å². The van der Waals surface area contributed by atoms with Gasteiger partial charge in [-0.3, -0.25) is 9.59 Å². The first-order chi connectivity index (χ1) is 11.5. The molecule has 1 aromatic carbocycles. The zero-order chi connectivity index (χ0) is 17.7. The summed E-state index contributed by atoms with van der Waals surface area (Å²) in [5.41, 5.74) is 0.818. The van der Waals surface area contributed by atoms with Gasteiger partial charge >= 0.3 is 0 Å². The monoisotopic (exact) mass is 371 g/mol. The lowest BCUT2D eigenvalue weighted by molar-refractivity contribution is -0.114. The van der Waals surface area contributed by atoms with Crippen LogP contribution in [-0.4, -0.2) is 44.7 Å². The number of methoxy groups -OCH3 is 2. The predicted molar refractivity (Wildman–Crippen MR) is 99.1 cm³/mol. The van der Waals surface area contributed by atoms with Crippen LogP contribution in [0, 0.1) is 0 Å². The van der Waals surface area contributed by atoms with Crippen molar-refractivity contribution < 1.29 is 19.1 Å². The van der Waals surface area contributed by atoms with E-state index in [9.17, 15) is 9.59 Å². The second-order valence-electron chi connectivity index (χ2n) is 5.91. The van der Waals surface area contributed by atoms with E-state index >= 15 is 0 Å². The fourth-order valence-corrected chi connectivity index (χ4v) is 2.87. The lowest BCUT2D eigenvalue weighted by Gasteiger charge is -2.30. The molecule has 1 aliphatic rings. The molecule has 25 heavy (non-hydrogen) atoms. The van der Waals surface area contributed by atoms with Crippen LogP contribution in [0.4, 0.5) is 5.69 Å². The number of carbonyl (C=O) groups is 2. The van der Waals surface area contributed by atoms with Crippen molar-refractivity contribution in [3.63, 3.8) is 0 Å². The number of halogens is 1. The van der Waals surface area contributed by atoms with Gasteiger partial charge in [-0.1, -0.05) is 0 Å². The Kier molecular flexibility index (Phi) is 7.99. The Morgan fingerprint density at radius 3 is 2.52 bits per heavy atom. The van der Waals surface area contributed by atoms with Crippen molar-refractivity contribution in [3.05, 3.63) is 17.7 Å². The number of nitrogens with one attached hydrogen (secondary N) is 3. The summed E-state index contributed by atoms with van der Waals surface area (Å²) in [4.78, 5) is 24.0. The summed E-state index contributed by atoms with van der Waals surface area (Å²) in [6, 6.07) is 3.50. The number of carbonyl (C=O) groups excluding carboxylic acids is 2. The molecule has 0 radical (unpaired) electrons. The molecule has 0 aliphatic carbocycles. The van der Waals surface area contributed by atoms with Crippen molar-refractivity contribution in [1.82, 2.24) is 10.6 Å². The Morgan fingerprint density at radius 1 is 1.24 bits per heavy atom. The molecule has 2 unspecified atom stereocenters. The molecule has 1 heterocycles. The van der Waals surface area contributed by atoms with E-state index in [1.807, 2.05) is 0 Å². The number of hydrogen-bond acceptors (Lipinski definition) is 5. The molecule has 0 bridgehead atoms. The maximum atomic E-state index is 12.6. The predicted octanol–water partition coefficient (Wildman–Crippen LogP) is 1.95. The Labute approximate surface area is 154 Å². The average Bonchev–Trinajstić information content (AvgIpc) is 2.55. The maximum absolute atomic E-state index is 12.6. The standard InChI is InChI=1S/C17H25N3O4.ClH/c1-10-13(6-5-7-18-10)20-17(22)12-8-14(19-11(2)21)16(24-4)15(9-12)23-3;/h8-10,13,18H,5-7H2,1-4H3,(H,19,21)(H,20,22);1H. The Hall–Kier alpha value is -1.99. The molecule has 1 fully saturated rings. The summed E-state index contributed by atoms with van der Waals surface area (Å²) in [5.74, 6) is 0.321. The lowest BCUT2D eigenvalue weighted by Crippen LogP contribution is -2.51. The Morgan fingerprint density at radius 2 is 1.96 bits per heavy atom. The molecular weight excluding hydrogens is 346 g/mol. The third-order valence-corrected chi connectivity index (χ3v) is 4.13. The number of piperidine rings is 1.